The highest BCUT2D eigenvalue weighted by atomic mass is 16.5. The van der Waals surface area contributed by atoms with Gasteiger partial charge in [0.05, 0.1) is 11.7 Å². The smallest absolute Gasteiger partial charge is 0.169 e. The quantitative estimate of drug-likeness (QED) is 0.813. The molecule has 1 aliphatic rings. The lowest BCUT2D eigenvalue weighted by atomic mass is 10.1. The van der Waals surface area contributed by atoms with Crippen molar-refractivity contribution in [3.8, 4) is 0 Å². The van der Waals surface area contributed by atoms with Crippen LogP contribution < -0.4 is 5.73 Å². The van der Waals surface area contributed by atoms with Gasteiger partial charge in [0.15, 0.2) is 5.82 Å². The Kier molecular flexibility index (Phi) is 3.20. The molecule has 1 saturated heterocycles. The van der Waals surface area contributed by atoms with Gasteiger partial charge in [-0.15, -0.1) is 5.10 Å². The van der Waals surface area contributed by atoms with Crippen molar-refractivity contribution >= 4 is 5.82 Å². The number of nitrogen functional groups attached to an aromatic ring is 1. The minimum atomic E-state index is 0.421. The molecule has 0 atom stereocenters. The molecule has 0 unspecified atom stereocenters. The predicted molar refractivity (Wildman–Crippen MR) is 57.5 cm³/mol. The first-order chi connectivity index (χ1) is 7.33. The van der Waals surface area contributed by atoms with Crippen LogP contribution in [0.4, 0.5) is 5.82 Å². The van der Waals surface area contributed by atoms with Gasteiger partial charge in [0, 0.05) is 13.2 Å². The van der Waals surface area contributed by atoms with E-state index in [0.717, 1.165) is 44.6 Å². The van der Waals surface area contributed by atoms with E-state index in [2.05, 4.69) is 17.2 Å². The zero-order valence-corrected chi connectivity index (χ0v) is 9.15. The maximum atomic E-state index is 5.81. The highest BCUT2D eigenvalue weighted by Crippen LogP contribution is 2.23. The molecule has 5 nitrogen and oxygen atoms in total. The highest BCUT2D eigenvalue weighted by molar-refractivity contribution is 5.33. The van der Waals surface area contributed by atoms with Gasteiger partial charge in [-0.05, 0) is 19.3 Å². The summed E-state index contributed by atoms with van der Waals surface area (Å²) in [6.45, 7) is 3.77. The molecular weight excluding hydrogens is 192 g/mol. The van der Waals surface area contributed by atoms with Crippen molar-refractivity contribution in [2.75, 3.05) is 18.9 Å². The van der Waals surface area contributed by atoms with Crippen molar-refractivity contribution in [3.63, 3.8) is 0 Å². The van der Waals surface area contributed by atoms with E-state index >= 15 is 0 Å². The number of ether oxygens (including phenoxy) is 1. The number of anilines is 1. The molecule has 1 aromatic heterocycles. The van der Waals surface area contributed by atoms with Gasteiger partial charge in [-0.1, -0.05) is 18.6 Å². The summed E-state index contributed by atoms with van der Waals surface area (Å²) in [6.07, 6.45) is 4.05. The molecule has 1 aromatic rings. The van der Waals surface area contributed by atoms with Gasteiger partial charge in [-0.2, -0.15) is 0 Å². The largest absolute Gasteiger partial charge is 0.381 e. The normalized spacial score (nSPS) is 18.2. The van der Waals surface area contributed by atoms with Crippen molar-refractivity contribution in [1.82, 2.24) is 15.0 Å². The third kappa shape index (κ3) is 2.12. The minimum Gasteiger partial charge on any atom is -0.381 e. The maximum Gasteiger partial charge on any atom is 0.169 e. The summed E-state index contributed by atoms with van der Waals surface area (Å²) in [5.74, 6) is 0.586. The Hall–Kier alpha value is -1.10. The Morgan fingerprint density at radius 2 is 2.20 bits per heavy atom. The van der Waals surface area contributed by atoms with Crippen molar-refractivity contribution in [2.24, 2.45) is 0 Å². The van der Waals surface area contributed by atoms with Crippen molar-refractivity contribution in [1.29, 1.82) is 0 Å². The number of rotatable bonds is 3. The van der Waals surface area contributed by atoms with Crippen LogP contribution in [0.2, 0.25) is 0 Å². The second kappa shape index (κ2) is 4.61. The Labute approximate surface area is 89.6 Å². The molecule has 2 N–H and O–H groups in total. The molecule has 0 aliphatic carbocycles. The second-order valence-corrected chi connectivity index (χ2v) is 3.96. The van der Waals surface area contributed by atoms with Crippen LogP contribution in [0.15, 0.2) is 0 Å². The fourth-order valence-electron chi connectivity index (χ4n) is 2.03. The lowest BCUT2D eigenvalue weighted by Crippen LogP contribution is -2.22. The van der Waals surface area contributed by atoms with Crippen molar-refractivity contribution in [2.45, 2.75) is 38.6 Å². The van der Waals surface area contributed by atoms with E-state index < -0.39 is 0 Å². The van der Waals surface area contributed by atoms with Gasteiger partial charge in [0.2, 0.25) is 0 Å². The maximum absolute atomic E-state index is 5.81. The summed E-state index contributed by atoms with van der Waals surface area (Å²) in [7, 11) is 0. The fourth-order valence-corrected chi connectivity index (χ4v) is 2.03. The molecule has 0 amide bonds. The summed E-state index contributed by atoms with van der Waals surface area (Å²) in [5, 5.41) is 8.10. The average Bonchev–Trinajstić information content (AvgIpc) is 2.63. The molecule has 15 heavy (non-hydrogen) atoms. The Bertz CT molecular complexity index is 317. The first kappa shape index (κ1) is 10.4. The Balaban J connectivity index is 2.18. The van der Waals surface area contributed by atoms with E-state index in [9.17, 15) is 0 Å². The van der Waals surface area contributed by atoms with E-state index in [1.165, 1.54) is 0 Å². The zero-order chi connectivity index (χ0) is 10.7. The minimum absolute atomic E-state index is 0.421. The zero-order valence-electron chi connectivity index (χ0n) is 9.15. The van der Waals surface area contributed by atoms with Gasteiger partial charge in [-0.25, -0.2) is 4.68 Å². The number of hydrogen-bond acceptors (Lipinski definition) is 4. The van der Waals surface area contributed by atoms with Gasteiger partial charge >= 0.3 is 0 Å². The molecule has 0 spiro atoms. The van der Waals surface area contributed by atoms with Crippen LogP contribution in [-0.2, 0) is 11.2 Å². The summed E-state index contributed by atoms with van der Waals surface area (Å²) in [6, 6.07) is 0.421. The monoisotopic (exact) mass is 210 g/mol. The Morgan fingerprint density at radius 1 is 1.47 bits per heavy atom. The average molecular weight is 210 g/mol. The number of hydrogen-bond donors (Lipinski definition) is 1. The lowest BCUT2D eigenvalue weighted by molar-refractivity contribution is 0.0649. The number of nitrogens with zero attached hydrogens (tertiary/aromatic N) is 3. The van der Waals surface area contributed by atoms with E-state index in [1.807, 2.05) is 4.68 Å². The Morgan fingerprint density at radius 3 is 2.87 bits per heavy atom. The molecule has 0 radical (unpaired) electrons. The first-order valence-electron chi connectivity index (χ1n) is 5.60. The molecule has 1 aliphatic heterocycles. The second-order valence-electron chi connectivity index (χ2n) is 3.96. The standard InChI is InChI=1S/C10H18N4O/c1-2-3-9-10(11)12-13-14(9)8-4-6-15-7-5-8/h8H,2-7,11H2,1H3. The summed E-state index contributed by atoms with van der Waals surface area (Å²) in [4.78, 5) is 0. The van der Waals surface area contributed by atoms with Crippen LogP contribution >= 0.6 is 0 Å². The van der Waals surface area contributed by atoms with Gasteiger partial charge in [0.25, 0.3) is 0 Å². The molecule has 1 fully saturated rings. The first-order valence-corrected chi connectivity index (χ1v) is 5.60. The van der Waals surface area contributed by atoms with E-state index in [-0.39, 0.29) is 0 Å². The number of nitrogens with two attached hydrogens (primary N) is 1. The van der Waals surface area contributed by atoms with Crippen molar-refractivity contribution in [3.05, 3.63) is 5.69 Å². The summed E-state index contributed by atoms with van der Waals surface area (Å²) < 4.78 is 7.34. The molecule has 5 heteroatoms. The van der Waals surface area contributed by atoms with Gasteiger partial charge in [0.1, 0.15) is 0 Å². The molecule has 2 heterocycles. The summed E-state index contributed by atoms with van der Waals surface area (Å²) >= 11 is 0. The van der Waals surface area contributed by atoms with Crippen molar-refractivity contribution < 1.29 is 4.74 Å². The SMILES string of the molecule is CCCc1c(N)nnn1C1CCOCC1. The van der Waals surface area contributed by atoms with E-state index in [4.69, 9.17) is 10.5 Å². The van der Waals surface area contributed by atoms with E-state index in [1.54, 1.807) is 0 Å². The highest BCUT2D eigenvalue weighted by Gasteiger charge is 2.20. The third-order valence-corrected chi connectivity index (χ3v) is 2.84. The fraction of sp³-hybridized carbons (Fsp3) is 0.800. The molecule has 0 bridgehead atoms. The van der Waals surface area contributed by atoms with Gasteiger partial charge < -0.3 is 10.5 Å². The molecular formula is C10H18N4O. The molecule has 0 aromatic carbocycles. The summed E-state index contributed by atoms with van der Waals surface area (Å²) in [5.41, 5.74) is 6.90. The lowest BCUT2D eigenvalue weighted by Gasteiger charge is -2.23. The number of aromatic nitrogens is 3. The van der Waals surface area contributed by atoms with Crippen LogP contribution in [0, 0.1) is 0 Å². The van der Waals surface area contributed by atoms with Crippen LogP contribution in [0.1, 0.15) is 37.9 Å². The van der Waals surface area contributed by atoms with Crippen LogP contribution in [0.3, 0.4) is 0 Å². The van der Waals surface area contributed by atoms with Crippen LogP contribution in [-0.4, -0.2) is 28.2 Å². The molecule has 2 rings (SSSR count). The van der Waals surface area contributed by atoms with Gasteiger partial charge in [-0.3, -0.25) is 0 Å². The van der Waals surface area contributed by atoms with Crippen LogP contribution in [0.25, 0.3) is 0 Å². The molecule has 84 valence electrons. The van der Waals surface area contributed by atoms with E-state index in [0.29, 0.717) is 11.9 Å². The molecule has 0 saturated carbocycles. The van der Waals surface area contributed by atoms with Crippen LogP contribution in [0.5, 0.6) is 0 Å². The predicted octanol–water partition coefficient (Wildman–Crippen LogP) is 1.16. The topological polar surface area (TPSA) is 66.0 Å². The third-order valence-electron chi connectivity index (χ3n) is 2.84.